The molecule has 1 aliphatic rings. The van der Waals surface area contributed by atoms with E-state index in [1.165, 1.54) is 6.26 Å². The Morgan fingerprint density at radius 1 is 1.48 bits per heavy atom. The number of hydrogen-bond donors (Lipinski definition) is 0. The number of nitrogens with zero attached hydrogens (tertiary/aromatic N) is 3. The molecule has 7 nitrogen and oxygen atoms in total. The number of amides is 1. The van der Waals surface area contributed by atoms with Gasteiger partial charge in [0.15, 0.2) is 9.84 Å². The molecule has 23 heavy (non-hydrogen) atoms. The Kier molecular flexibility index (Phi) is 4.01. The lowest BCUT2D eigenvalue weighted by atomic mass is 10.1. The Labute approximate surface area is 134 Å². The van der Waals surface area contributed by atoms with E-state index in [4.69, 9.17) is 4.42 Å². The van der Waals surface area contributed by atoms with E-state index in [1.54, 1.807) is 35.0 Å². The third-order valence-electron chi connectivity index (χ3n) is 4.14. The SMILES string of the molecule is CCn1cc([C@H]2CS(=O)(=O)CCN2C(=O)c2ccoc2C)cn1. The van der Waals surface area contributed by atoms with Gasteiger partial charge in [-0.2, -0.15) is 5.10 Å². The number of furan rings is 1. The van der Waals surface area contributed by atoms with Crippen LogP contribution in [-0.2, 0) is 16.4 Å². The number of carbonyl (C=O) groups excluding carboxylic acids is 1. The fourth-order valence-corrected chi connectivity index (χ4v) is 4.31. The van der Waals surface area contributed by atoms with Crippen LogP contribution in [0.5, 0.6) is 0 Å². The molecule has 0 spiro atoms. The summed E-state index contributed by atoms with van der Waals surface area (Å²) in [6.07, 6.45) is 4.90. The van der Waals surface area contributed by atoms with Gasteiger partial charge >= 0.3 is 0 Å². The van der Waals surface area contributed by atoms with Crippen LogP contribution in [0.4, 0.5) is 0 Å². The summed E-state index contributed by atoms with van der Waals surface area (Å²) in [5.74, 6) is 0.228. The van der Waals surface area contributed by atoms with Crippen molar-refractivity contribution in [2.45, 2.75) is 26.4 Å². The zero-order valence-corrected chi connectivity index (χ0v) is 13.9. The molecule has 1 saturated heterocycles. The van der Waals surface area contributed by atoms with Gasteiger partial charge in [-0.15, -0.1) is 0 Å². The first kappa shape index (κ1) is 15.8. The Balaban J connectivity index is 1.96. The van der Waals surface area contributed by atoms with Crippen molar-refractivity contribution in [2.75, 3.05) is 18.1 Å². The van der Waals surface area contributed by atoms with E-state index in [0.717, 1.165) is 5.56 Å². The van der Waals surface area contributed by atoms with Crippen LogP contribution in [0.15, 0.2) is 29.1 Å². The predicted molar refractivity (Wildman–Crippen MR) is 83.8 cm³/mol. The smallest absolute Gasteiger partial charge is 0.257 e. The number of carbonyl (C=O) groups is 1. The van der Waals surface area contributed by atoms with Gasteiger partial charge in [0.05, 0.1) is 35.6 Å². The van der Waals surface area contributed by atoms with Crippen LogP contribution in [0, 0.1) is 6.92 Å². The number of sulfone groups is 1. The molecule has 3 rings (SSSR count). The van der Waals surface area contributed by atoms with Crippen LogP contribution in [-0.4, -0.2) is 47.1 Å². The Hall–Kier alpha value is -2.09. The van der Waals surface area contributed by atoms with Crippen LogP contribution in [0.25, 0.3) is 0 Å². The van der Waals surface area contributed by atoms with Crippen molar-refractivity contribution in [1.82, 2.24) is 14.7 Å². The van der Waals surface area contributed by atoms with Crippen LogP contribution in [0.2, 0.25) is 0 Å². The van der Waals surface area contributed by atoms with Crippen LogP contribution in [0.1, 0.15) is 34.6 Å². The zero-order valence-electron chi connectivity index (χ0n) is 13.1. The minimum absolute atomic E-state index is 0.0198. The van der Waals surface area contributed by atoms with E-state index in [2.05, 4.69) is 5.10 Å². The standard InChI is InChI=1S/C15H19N3O4S/c1-3-17-9-12(8-16-17)14-10-23(20,21)7-5-18(14)15(19)13-4-6-22-11(13)2/h4,6,8-9,14H,3,5,7,10H2,1-2H3/t14-/m1/s1. The summed E-state index contributed by atoms with van der Waals surface area (Å²) in [7, 11) is -3.18. The molecular formula is C15H19N3O4S. The van der Waals surface area contributed by atoms with E-state index in [-0.39, 0.29) is 24.0 Å². The van der Waals surface area contributed by atoms with Gasteiger partial charge in [-0.3, -0.25) is 9.48 Å². The molecule has 1 fully saturated rings. The highest BCUT2D eigenvalue weighted by molar-refractivity contribution is 7.91. The van der Waals surface area contributed by atoms with Gasteiger partial charge in [0, 0.05) is 24.8 Å². The average Bonchev–Trinajstić information content (AvgIpc) is 3.14. The molecule has 8 heteroatoms. The van der Waals surface area contributed by atoms with Gasteiger partial charge in [-0.25, -0.2) is 8.42 Å². The first-order valence-electron chi connectivity index (χ1n) is 7.49. The topological polar surface area (TPSA) is 85.4 Å². The van der Waals surface area contributed by atoms with Gasteiger partial charge in [-0.05, 0) is 19.9 Å². The summed E-state index contributed by atoms with van der Waals surface area (Å²) in [6.45, 7) is 4.53. The second-order valence-corrected chi connectivity index (χ2v) is 7.88. The van der Waals surface area contributed by atoms with Crippen molar-refractivity contribution < 1.29 is 17.6 Å². The number of rotatable bonds is 3. The summed E-state index contributed by atoms with van der Waals surface area (Å²) in [6, 6.07) is 1.10. The molecule has 1 amide bonds. The Morgan fingerprint density at radius 2 is 2.26 bits per heavy atom. The van der Waals surface area contributed by atoms with Crippen LogP contribution < -0.4 is 0 Å². The quantitative estimate of drug-likeness (QED) is 0.845. The highest BCUT2D eigenvalue weighted by atomic mass is 32.2. The third-order valence-corrected chi connectivity index (χ3v) is 5.77. The molecule has 2 aromatic heterocycles. The maximum atomic E-state index is 12.8. The lowest BCUT2D eigenvalue weighted by Crippen LogP contribution is -2.46. The predicted octanol–water partition coefficient (Wildman–Crippen LogP) is 1.42. The summed E-state index contributed by atoms with van der Waals surface area (Å²) in [5, 5.41) is 4.20. The third kappa shape index (κ3) is 3.03. The monoisotopic (exact) mass is 337 g/mol. The number of hydrogen-bond acceptors (Lipinski definition) is 5. The first-order valence-corrected chi connectivity index (χ1v) is 9.31. The molecule has 3 heterocycles. The highest BCUT2D eigenvalue weighted by Gasteiger charge is 2.36. The van der Waals surface area contributed by atoms with Gasteiger partial charge in [0.1, 0.15) is 5.76 Å². The van der Waals surface area contributed by atoms with E-state index in [9.17, 15) is 13.2 Å². The molecule has 2 aromatic rings. The molecule has 0 aromatic carbocycles. The minimum Gasteiger partial charge on any atom is -0.469 e. The average molecular weight is 337 g/mol. The molecule has 1 atom stereocenters. The summed E-state index contributed by atoms with van der Waals surface area (Å²) in [4.78, 5) is 14.4. The van der Waals surface area contributed by atoms with E-state index < -0.39 is 15.9 Å². The molecule has 124 valence electrons. The van der Waals surface area contributed by atoms with Crippen LogP contribution in [0.3, 0.4) is 0 Å². The normalized spacial score (nSPS) is 20.6. The van der Waals surface area contributed by atoms with E-state index >= 15 is 0 Å². The first-order chi connectivity index (χ1) is 10.9. The van der Waals surface area contributed by atoms with Gasteiger partial charge in [0.25, 0.3) is 5.91 Å². The van der Waals surface area contributed by atoms with Crippen molar-refractivity contribution in [3.63, 3.8) is 0 Å². The summed E-state index contributed by atoms with van der Waals surface area (Å²) >= 11 is 0. The maximum Gasteiger partial charge on any atom is 0.257 e. The van der Waals surface area contributed by atoms with Crippen molar-refractivity contribution in [3.05, 3.63) is 41.6 Å². The van der Waals surface area contributed by atoms with E-state index in [0.29, 0.717) is 17.9 Å². The Morgan fingerprint density at radius 3 is 2.87 bits per heavy atom. The largest absolute Gasteiger partial charge is 0.469 e. The lowest BCUT2D eigenvalue weighted by molar-refractivity contribution is 0.0695. The van der Waals surface area contributed by atoms with Crippen molar-refractivity contribution in [1.29, 1.82) is 0 Å². The Bertz CT molecular complexity index is 821. The zero-order chi connectivity index (χ0) is 16.6. The maximum absolute atomic E-state index is 12.8. The molecule has 0 saturated carbocycles. The van der Waals surface area contributed by atoms with Crippen molar-refractivity contribution in [3.8, 4) is 0 Å². The fourth-order valence-electron chi connectivity index (χ4n) is 2.81. The fraction of sp³-hybridized carbons (Fsp3) is 0.467. The molecular weight excluding hydrogens is 318 g/mol. The van der Waals surface area contributed by atoms with Gasteiger partial charge < -0.3 is 9.32 Å². The molecule has 0 N–H and O–H groups in total. The van der Waals surface area contributed by atoms with Gasteiger partial charge in [-0.1, -0.05) is 0 Å². The minimum atomic E-state index is -3.18. The summed E-state index contributed by atoms with van der Waals surface area (Å²) in [5.41, 5.74) is 1.21. The van der Waals surface area contributed by atoms with Crippen molar-refractivity contribution >= 4 is 15.7 Å². The number of aryl methyl sites for hydroxylation is 2. The van der Waals surface area contributed by atoms with Gasteiger partial charge in [0.2, 0.25) is 0 Å². The molecule has 0 unspecified atom stereocenters. The molecule has 0 bridgehead atoms. The molecule has 0 aliphatic carbocycles. The van der Waals surface area contributed by atoms with E-state index in [1.807, 2.05) is 6.92 Å². The second kappa shape index (κ2) is 5.84. The lowest BCUT2D eigenvalue weighted by Gasteiger charge is -2.34. The van der Waals surface area contributed by atoms with Crippen molar-refractivity contribution in [2.24, 2.45) is 0 Å². The second-order valence-electron chi connectivity index (χ2n) is 5.65. The van der Waals surface area contributed by atoms with Crippen LogP contribution >= 0.6 is 0 Å². The highest BCUT2D eigenvalue weighted by Crippen LogP contribution is 2.29. The molecule has 1 aliphatic heterocycles. The summed E-state index contributed by atoms with van der Waals surface area (Å²) < 4.78 is 31.0. The number of aromatic nitrogens is 2. The molecule has 0 radical (unpaired) electrons.